The zero-order valence-corrected chi connectivity index (χ0v) is 31.5. The molecule has 0 aliphatic rings. The van der Waals surface area contributed by atoms with E-state index in [0.29, 0.717) is 27.9 Å². The number of aromatic nitrogens is 4. The number of halogens is 1. The van der Waals surface area contributed by atoms with Crippen LogP contribution in [0.5, 0.6) is 0 Å². The molecular formula is C40H36ClN5O4S2. The lowest BCUT2D eigenvalue weighted by Gasteiger charge is -2.09. The van der Waals surface area contributed by atoms with Crippen LogP contribution in [0, 0.1) is 0 Å². The van der Waals surface area contributed by atoms with Gasteiger partial charge >= 0.3 is 11.9 Å². The molecule has 0 spiro atoms. The van der Waals surface area contributed by atoms with Crippen molar-refractivity contribution in [3.8, 4) is 22.8 Å². The van der Waals surface area contributed by atoms with E-state index < -0.39 is 0 Å². The minimum atomic E-state index is -0.369. The molecule has 3 aromatic carbocycles. The highest BCUT2D eigenvalue weighted by Crippen LogP contribution is 2.33. The number of carbonyl (C=O) groups is 2. The van der Waals surface area contributed by atoms with Gasteiger partial charge in [0, 0.05) is 32.8 Å². The molecule has 0 fully saturated rings. The number of anilines is 1. The molecule has 0 amide bonds. The number of carbonyl (C=O) groups excluding carboxylic acids is 2. The summed E-state index contributed by atoms with van der Waals surface area (Å²) in [5.41, 5.74) is 3.95. The number of methoxy groups -OCH3 is 2. The van der Waals surface area contributed by atoms with E-state index in [2.05, 4.69) is 64.2 Å². The summed E-state index contributed by atoms with van der Waals surface area (Å²) in [5, 5.41) is 5.90. The first-order valence-electron chi connectivity index (χ1n) is 16.7. The maximum Gasteiger partial charge on any atom is 0.337 e. The molecule has 0 unspecified atom stereocenters. The minimum absolute atomic E-state index is 0.355. The molecule has 264 valence electrons. The molecule has 0 aliphatic carbocycles. The first kappa shape index (κ1) is 36.6. The first-order valence-corrected chi connectivity index (χ1v) is 18.7. The summed E-state index contributed by atoms with van der Waals surface area (Å²) in [6.07, 6.45) is 2.83. The Bertz CT molecular complexity index is 2330. The summed E-state index contributed by atoms with van der Waals surface area (Å²) in [5.74, 6) is 1.32. The number of aryl methyl sites for hydroxylation is 2. The summed E-state index contributed by atoms with van der Waals surface area (Å²) >= 11 is 9.59. The summed E-state index contributed by atoms with van der Waals surface area (Å²) < 4.78 is 9.46. The number of rotatable bonds is 10. The van der Waals surface area contributed by atoms with Crippen molar-refractivity contribution < 1.29 is 19.1 Å². The van der Waals surface area contributed by atoms with Crippen molar-refractivity contribution in [2.45, 2.75) is 33.1 Å². The fourth-order valence-corrected chi connectivity index (χ4v) is 7.58. The Morgan fingerprint density at radius 2 is 1.17 bits per heavy atom. The second kappa shape index (κ2) is 16.9. The van der Waals surface area contributed by atoms with Gasteiger partial charge in [0.25, 0.3) is 0 Å². The number of fused-ring (bicyclic) bond motifs is 2. The lowest BCUT2D eigenvalue weighted by atomic mass is 10.1. The van der Waals surface area contributed by atoms with E-state index in [-0.39, 0.29) is 11.9 Å². The van der Waals surface area contributed by atoms with Crippen LogP contribution in [0.4, 0.5) is 5.82 Å². The molecule has 0 saturated carbocycles. The van der Waals surface area contributed by atoms with Crippen LogP contribution in [-0.4, -0.2) is 52.6 Å². The molecule has 0 aliphatic heterocycles. The van der Waals surface area contributed by atoms with Crippen LogP contribution in [0.25, 0.3) is 43.2 Å². The SMILES string of the molecule is CCc1cc2c(Cl)nc(-c3ccc(C(=O)OC)cc3)nc2s1.CCc1cc2c(NCCc3ccccc3)nc(-c3ccc(C(=O)OC)cc3)nc2s1. The second-order valence-corrected chi connectivity index (χ2v) is 14.2. The van der Waals surface area contributed by atoms with Crippen molar-refractivity contribution in [3.05, 3.63) is 123 Å². The van der Waals surface area contributed by atoms with Crippen molar-refractivity contribution in [2.75, 3.05) is 26.1 Å². The Hall–Kier alpha value is -5.23. The Morgan fingerprint density at radius 1 is 0.673 bits per heavy atom. The van der Waals surface area contributed by atoms with Gasteiger partial charge in [-0.05, 0) is 61.2 Å². The molecule has 9 nitrogen and oxygen atoms in total. The number of nitrogens with one attached hydrogen (secondary N) is 1. The van der Waals surface area contributed by atoms with Gasteiger partial charge < -0.3 is 14.8 Å². The molecule has 7 aromatic rings. The van der Waals surface area contributed by atoms with Gasteiger partial charge in [0.1, 0.15) is 20.6 Å². The van der Waals surface area contributed by atoms with Gasteiger partial charge in [-0.15, -0.1) is 22.7 Å². The maximum absolute atomic E-state index is 11.7. The normalized spacial score (nSPS) is 10.9. The molecule has 4 aromatic heterocycles. The van der Waals surface area contributed by atoms with Gasteiger partial charge in [-0.2, -0.15) is 0 Å². The zero-order chi connectivity index (χ0) is 36.6. The topological polar surface area (TPSA) is 116 Å². The van der Waals surface area contributed by atoms with E-state index in [4.69, 9.17) is 26.3 Å². The average Bonchev–Trinajstić information content (AvgIpc) is 3.83. The van der Waals surface area contributed by atoms with Crippen LogP contribution in [0.3, 0.4) is 0 Å². The van der Waals surface area contributed by atoms with Crippen LogP contribution < -0.4 is 5.32 Å². The number of esters is 2. The number of benzene rings is 3. The van der Waals surface area contributed by atoms with Gasteiger partial charge in [0.05, 0.1) is 30.7 Å². The Kier molecular flexibility index (Phi) is 11.9. The van der Waals surface area contributed by atoms with Gasteiger partial charge in [0.15, 0.2) is 11.6 Å². The minimum Gasteiger partial charge on any atom is -0.465 e. The van der Waals surface area contributed by atoms with E-state index in [1.807, 2.05) is 24.3 Å². The van der Waals surface area contributed by atoms with Crippen LogP contribution in [0.1, 0.15) is 49.9 Å². The first-order chi connectivity index (χ1) is 25.3. The number of hydrogen-bond donors (Lipinski definition) is 1. The third-order valence-corrected chi connectivity index (χ3v) is 10.8. The van der Waals surface area contributed by atoms with Crippen molar-refractivity contribution >= 4 is 72.5 Å². The van der Waals surface area contributed by atoms with Crippen molar-refractivity contribution in [3.63, 3.8) is 0 Å². The molecule has 0 bridgehead atoms. The quantitative estimate of drug-likeness (QED) is 0.108. The molecule has 12 heteroatoms. The molecule has 4 heterocycles. The van der Waals surface area contributed by atoms with Crippen molar-refractivity contribution in [2.24, 2.45) is 0 Å². The predicted octanol–water partition coefficient (Wildman–Crippen LogP) is 9.72. The monoisotopic (exact) mass is 749 g/mol. The van der Waals surface area contributed by atoms with Gasteiger partial charge in [-0.1, -0.05) is 80.0 Å². The summed E-state index contributed by atoms with van der Waals surface area (Å²) in [7, 11) is 2.73. The maximum atomic E-state index is 11.7. The van der Waals surface area contributed by atoms with Crippen molar-refractivity contribution in [1.82, 2.24) is 19.9 Å². The Labute approximate surface area is 314 Å². The lowest BCUT2D eigenvalue weighted by molar-refractivity contribution is 0.0592. The smallest absolute Gasteiger partial charge is 0.337 e. The van der Waals surface area contributed by atoms with E-state index in [0.717, 1.165) is 63.2 Å². The zero-order valence-electron chi connectivity index (χ0n) is 29.1. The van der Waals surface area contributed by atoms with Crippen LogP contribution in [0.15, 0.2) is 91.0 Å². The lowest BCUT2D eigenvalue weighted by Crippen LogP contribution is -2.07. The number of ether oxygens (including phenoxy) is 2. The molecular weight excluding hydrogens is 714 g/mol. The van der Waals surface area contributed by atoms with Crippen LogP contribution in [0.2, 0.25) is 5.15 Å². The summed E-state index contributed by atoms with van der Waals surface area (Å²) in [6, 6.07) is 28.8. The highest BCUT2D eigenvalue weighted by atomic mass is 35.5. The van der Waals surface area contributed by atoms with E-state index in [1.54, 1.807) is 59.1 Å². The van der Waals surface area contributed by atoms with Gasteiger partial charge in [0.2, 0.25) is 0 Å². The summed E-state index contributed by atoms with van der Waals surface area (Å²) in [6.45, 7) is 5.03. The highest BCUT2D eigenvalue weighted by Gasteiger charge is 2.15. The van der Waals surface area contributed by atoms with Gasteiger partial charge in [-0.3, -0.25) is 0 Å². The molecule has 0 radical (unpaired) electrons. The van der Waals surface area contributed by atoms with E-state index in [9.17, 15) is 9.59 Å². The number of hydrogen-bond acceptors (Lipinski definition) is 11. The van der Waals surface area contributed by atoms with Crippen LogP contribution in [-0.2, 0) is 28.7 Å². The third-order valence-electron chi connectivity index (χ3n) is 8.22. The largest absolute Gasteiger partial charge is 0.465 e. The van der Waals surface area contributed by atoms with E-state index >= 15 is 0 Å². The predicted molar refractivity (Wildman–Crippen MR) is 211 cm³/mol. The van der Waals surface area contributed by atoms with Gasteiger partial charge in [-0.25, -0.2) is 29.5 Å². The molecule has 1 N–H and O–H groups in total. The second-order valence-electron chi connectivity index (χ2n) is 11.6. The fourth-order valence-electron chi connectivity index (χ4n) is 5.37. The molecule has 7 rings (SSSR count). The molecule has 0 saturated heterocycles. The number of thiophene rings is 2. The standard InChI is InChI=1S/C24H23N3O2S.C16H13ClN2O2S/c1-3-19-15-20-22(25-14-13-16-7-5-4-6-8-16)26-21(27-23(20)30-19)17-9-11-18(12-10-17)24(28)29-2;1-3-11-8-12-13(17)18-14(19-15(12)22-11)9-4-6-10(7-5-9)16(20)21-2/h4-12,15H,3,13-14H2,1-2H3,(H,25,26,27);4-8H,3H2,1-2H3. The Balaban J connectivity index is 0.000000187. The average molecular weight is 750 g/mol. The highest BCUT2D eigenvalue weighted by molar-refractivity contribution is 7.19. The Morgan fingerprint density at radius 3 is 1.69 bits per heavy atom. The molecule has 52 heavy (non-hydrogen) atoms. The third kappa shape index (κ3) is 8.45. The number of nitrogens with zero attached hydrogens (tertiary/aromatic N) is 4. The van der Waals surface area contributed by atoms with Crippen molar-refractivity contribution in [1.29, 1.82) is 0 Å². The molecule has 0 atom stereocenters. The summed E-state index contributed by atoms with van der Waals surface area (Å²) in [4.78, 5) is 46.0. The van der Waals surface area contributed by atoms with E-state index in [1.165, 1.54) is 29.5 Å². The van der Waals surface area contributed by atoms with Crippen LogP contribution >= 0.6 is 34.3 Å². The fraction of sp³-hybridized carbons (Fsp3) is 0.200.